The van der Waals surface area contributed by atoms with E-state index in [2.05, 4.69) is 5.32 Å². The molecule has 1 amide bonds. The van der Waals surface area contributed by atoms with Crippen molar-refractivity contribution in [3.63, 3.8) is 0 Å². The van der Waals surface area contributed by atoms with Crippen LogP contribution in [0.3, 0.4) is 0 Å². The molecule has 1 aromatic rings. The van der Waals surface area contributed by atoms with E-state index in [1.807, 2.05) is 32.9 Å². The van der Waals surface area contributed by atoms with Crippen molar-refractivity contribution in [3.8, 4) is 0 Å². The van der Waals surface area contributed by atoms with Crippen LogP contribution in [0.4, 0.5) is 0 Å². The van der Waals surface area contributed by atoms with E-state index in [0.29, 0.717) is 13.0 Å². The third-order valence-electron chi connectivity index (χ3n) is 1.91. The van der Waals surface area contributed by atoms with E-state index in [-0.39, 0.29) is 18.1 Å². The van der Waals surface area contributed by atoms with Gasteiger partial charge in [-0.25, -0.2) is 0 Å². The molecule has 1 N–H and O–H groups in total. The summed E-state index contributed by atoms with van der Waals surface area (Å²) in [7, 11) is 0. The molecule has 0 bridgehead atoms. The predicted molar refractivity (Wildman–Crippen MR) is 61.1 cm³/mol. The quantitative estimate of drug-likeness (QED) is 0.830. The second-order valence-corrected chi connectivity index (χ2v) is 4.58. The van der Waals surface area contributed by atoms with Gasteiger partial charge in [0, 0.05) is 13.0 Å². The monoisotopic (exact) mass is 225 g/mol. The average molecular weight is 225 g/mol. The van der Waals surface area contributed by atoms with E-state index in [4.69, 9.17) is 9.15 Å². The van der Waals surface area contributed by atoms with Crippen LogP contribution in [0.25, 0.3) is 0 Å². The third kappa shape index (κ3) is 5.56. The molecule has 0 aliphatic rings. The lowest BCUT2D eigenvalue weighted by molar-refractivity contribution is -0.130. The minimum Gasteiger partial charge on any atom is -0.469 e. The van der Waals surface area contributed by atoms with E-state index in [1.54, 1.807) is 6.26 Å². The molecule has 4 heteroatoms. The summed E-state index contributed by atoms with van der Waals surface area (Å²) in [5.41, 5.74) is -0.279. The number of hydrogen-bond acceptors (Lipinski definition) is 3. The number of nitrogens with one attached hydrogen (secondary N) is 1. The minimum absolute atomic E-state index is 0.0959. The Morgan fingerprint density at radius 2 is 2.25 bits per heavy atom. The molecule has 0 fully saturated rings. The van der Waals surface area contributed by atoms with E-state index in [1.165, 1.54) is 0 Å². The van der Waals surface area contributed by atoms with Gasteiger partial charge in [-0.3, -0.25) is 4.79 Å². The Balaban J connectivity index is 2.11. The summed E-state index contributed by atoms with van der Waals surface area (Å²) in [5.74, 6) is 0.776. The molecule has 0 saturated heterocycles. The normalized spacial score (nSPS) is 11.4. The summed E-state index contributed by atoms with van der Waals surface area (Å²) in [5, 5.41) is 2.77. The number of carbonyl (C=O) groups is 1. The molecule has 1 heterocycles. The Labute approximate surface area is 96.0 Å². The third-order valence-corrected chi connectivity index (χ3v) is 1.91. The fourth-order valence-electron chi connectivity index (χ4n) is 1.11. The van der Waals surface area contributed by atoms with E-state index in [9.17, 15) is 4.79 Å². The Morgan fingerprint density at radius 1 is 1.50 bits per heavy atom. The zero-order chi connectivity index (χ0) is 12.0. The van der Waals surface area contributed by atoms with Crippen LogP contribution in [0.5, 0.6) is 0 Å². The molecule has 90 valence electrons. The molecular formula is C12H19NO3. The fraction of sp³-hybridized carbons (Fsp3) is 0.583. The molecule has 0 aliphatic heterocycles. The maximum Gasteiger partial charge on any atom is 0.246 e. The number of rotatable bonds is 5. The highest BCUT2D eigenvalue weighted by atomic mass is 16.5. The van der Waals surface area contributed by atoms with Crippen molar-refractivity contribution in [1.29, 1.82) is 0 Å². The lowest BCUT2D eigenvalue weighted by atomic mass is 10.2. The Kier molecular flexibility index (Phi) is 4.55. The molecule has 0 unspecified atom stereocenters. The Morgan fingerprint density at radius 3 is 2.81 bits per heavy atom. The molecular weight excluding hydrogens is 206 g/mol. The first-order chi connectivity index (χ1) is 7.47. The summed E-state index contributed by atoms with van der Waals surface area (Å²) in [6, 6.07) is 3.72. The van der Waals surface area contributed by atoms with Gasteiger partial charge in [0.2, 0.25) is 5.91 Å². The molecule has 0 saturated carbocycles. The van der Waals surface area contributed by atoms with Crippen LogP contribution in [0, 0.1) is 0 Å². The first kappa shape index (κ1) is 12.8. The van der Waals surface area contributed by atoms with Crippen LogP contribution in [0.1, 0.15) is 26.5 Å². The second-order valence-electron chi connectivity index (χ2n) is 4.58. The highest BCUT2D eigenvalue weighted by Crippen LogP contribution is 2.05. The van der Waals surface area contributed by atoms with E-state index >= 15 is 0 Å². The topological polar surface area (TPSA) is 51.5 Å². The van der Waals surface area contributed by atoms with Crippen molar-refractivity contribution in [2.75, 3.05) is 13.2 Å². The zero-order valence-corrected chi connectivity index (χ0v) is 10.1. The molecule has 4 nitrogen and oxygen atoms in total. The smallest absolute Gasteiger partial charge is 0.246 e. The van der Waals surface area contributed by atoms with Gasteiger partial charge in [0.1, 0.15) is 12.4 Å². The highest BCUT2D eigenvalue weighted by molar-refractivity contribution is 5.77. The molecule has 0 aromatic carbocycles. The lowest BCUT2D eigenvalue weighted by Crippen LogP contribution is -2.33. The summed E-state index contributed by atoms with van der Waals surface area (Å²) < 4.78 is 10.5. The van der Waals surface area contributed by atoms with Gasteiger partial charge in [-0.2, -0.15) is 0 Å². The standard InChI is InChI=1S/C12H19NO3/c1-12(2,3)16-9-11(14)13-7-6-10-5-4-8-15-10/h4-5,8H,6-7,9H2,1-3H3,(H,13,14). The van der Waals surface area contributed by atoms with Crippen molar-refractivity contribution < 1.29 is 13.9 Å². The van der Waals surface area contributed by atoms with Crippen molar-refractivity contribution in [3.05, 3.63) is 24.2 Å². The van der Waals surface area contributed by atoms with Crippen LogP contribution in [0.15, 0.2) is 22.8 Å². The number of carbonyl (C=O) groups excluding carboxylic acids is 1. The van der Waals surface area contributed by atoms with Gasteiger partial charge in [0.25, 0.3) is 0 Å². The van der Waals surface area contributed by atoms with Crippen molar-refractivity contribution >= 4 is 5.91 Å². The van der Waals surface area contributed by atoms with Crippen molar-refractivity contribution in [2.45, 2.75) is 32.8 Å². The molecule has 0 spiro atoms. The maximum absolute atomic E-state index is 11.4. The fourth-order valence-corrected chi connectivity index (χ4v) is 1.11. The van der Waals surface area contributed by atoms with Gasteiger partial charge < -0.3 is 14.5 Å². The summed E-state index contributed by atoms with van der Waals surface area (Å²) in [6.07, 6.45) is 2.33. The molecule has 1 rings (SSSR count). The van der Waals surface area contributed by atoms with Gasteiger partial charge in [0.05, 0.1) is 11.9 Å². The SMILES string of the molecule is CC(C)(C)OCC(=O)NCCc1ccco1. The van der Waals surface area contributed by atoms with Gasteiger partial charge in [-0.15, -0.1) is 0 Å². The van der Waals surface area contributed by atoms with Gasteiger partial charge >= 0.3 is 0 Å². The van der Waals surface area contributed by atoms with Crippen molar-refractivity contribution in [1.82, 2.24) is 5.32 Å². The Hall–Kier alpha value is -1.29. The maximum atomic E-state index is 11.4. The van der Waals surface area contributed by atoms with E-state index < -0.39 is 0 Å². The zero-order valence-electron chi connectivity index (χ0n) is 10.1. The van der Waals surface area contributed by atoms with E-state index in [0.717, 1.165) is 5.76 Å². The molecule has 0 atom stereocenters. The van der Waals surface area contributed by atoms with Crippen LogP contribution >= 0.6 is 0 Å². The predicted octanol–water partition coefficient (Wildman–Crippen LogP) is 1.75. The first-order valence-corrected chi connectivity index (χ1v) is 5.40. The number of furan rings is 1. The van der Waals surface area contributed by atoms with Crippen LogP contribution in [-0.4, -0.2) is 24.7 Å². The average Bonchev–Trinajstić information content (AvgIpc) is 2.66. The first-order valence-electron chi connectivity index (χ1n) is 5.40. The second kappa shape index (κ2) is 5.70. The largest absolute Gasteiger partial charge is 0.469 e. The van der Waals surface area contributed by atoms with Gasteiger partial charge in [-0.05, 0) is 32.9 Å². The minimum atomic E-state index is -0.279. The van der Waals surface area contributed by atoms with Gasteiger partial charge in [-0.1, -0.05) is 0 Å². The van der Waals surface area contributed by atoms with Gasteiger partial charge in [0.15, 0.2) is 0 Å². The number of hydrogen-bond donors (Lipinski definition) is 1. The van der Waals surface area contributed by atoms with Crippen LogP contribution < -0.4 is 5.32 Å². The molecule has 0 radical (unpaired) electrons. The molecule has 16 heavy (non-hydrogen) atoms. The molecule has 1 aromatic heterocycles. The summed E-state index contributed by atoms with van der Waals surface area (Å²) in [4.78, 5) is 11.4. The highest BCUT2D eigenvalue weighted by Gasteiger charge is 2.12. The van der Waals surface area contributed by atoms with Crippen molar-refractivity contribution in [2.24, 2.45) is 0 Å². The van der Waals surface area contributed by atoms with Crippen LogP contribution in [-0.2, 0) is 16.0 Å². The lowest BCUT2D eigenvalue weighted by Gasteiger charge is -2.18. The molecule has 0 aliphatic carbocycles. The van der Waals surface area contributed by atoms with Crippen LogP contribution in [0.2, 0.25) is 0 Å². The summed E-state index contributed by atoms with van der Waals surface area (Å²) >= 11 is 0. The Bertz CT molecular complexity index is 312. The summed E-state index contributed by atoms with van der Waals surface area (Å²) in [6.45, 7) is 6.43. The number of amides is 1. The number of ether oxygens (including phenoxy) is 1.